The molecule has 0 spiro atoms. The van der Waals surface area contributed by atoms with Gasteiger partial charge in [0.25, 0.3) is 0 Å². The molecule has 0 unspecified atom stereocenters. The van der Waals surface area contributed by atoms with Gasteiger partial charge in [0.15, 0.2) is 11.5 Å². The molecule has 0 aliphatic rings. The molecule has 0 atom stereocenters. The van der Waals surface area contributed by atoms with Crippen LogP contribution in [0, 0.1) is 0 Å². The number of fused-ring (bicyclic) bond motifs is 1. The summed E-state index contributed by atoms with van der Waals surface area (Å²) in [6.45, 7) is 1.32. The van der Waals surface area contributed by atoms with E-state index in [1.54, 1.807) is 55.8 Å². The minimum absolute atomic E-state index is 0.204. The minimum atomic E-state index is -0.508. The van der Waals surface area contributed by atoms with Crippen LogP contribution in [0.25, 0.3) is 10.9 Å². The van der Waals surface area contributed by atoms with Gasteiger partial charge in [0.2, 0.25) is 0 Å². The highest BCUT2D eigenvalue weighted by molar-refractivity contribution is 5.96. The van der Waals surface area contributed by atoms with Gasteiger partial charge in [0.05, 0.1) is 38.5 Å². The number of carbonyl (C=O) groups is 2. The predicted molar refractivity (Wildman–Crippen MR) is 147 cm³/mol. The number of aromatic nitrogens is 1. The first kappa shape index (κ1) is 28.2. The predicted octanol–water partition coefficient (Wildman–Crippen LogP) is 5.14. The fourth-order valence-corrected chi connectivity index (χ4v) is 3.70. The number of pyridine rings is 1. The zero-order chi connectivity index (χ0) is 28.2. The number of hydrogen-bond donors (Lipinski definition) is 1. The highest BCUT2D eigenvalue weighted by Crippen LogP contribution is 2.37. The third-order valence-corrected chi connectivity index (χ3v) is 5.71. The maximum absolute atomic E-state index is 12.0. The molecule has 1 aromatic heterocycles. The van der Waals surface area contributed by atoms with E-state index in [9.17, 15) is 9.59 Å². The van der Waals surface area contributed by atoms with Crippen molar-refractivity contribution >= 4 is 23.0 Å². The first-order valence-electron chi connectivity index (χ1n) is 12.6. The molecule has 40 heavy (non-hydrogen) atoms. The van der Waals surface area contributed by atoms with Gasteiger partial charge in [0.1, 0.15) is 24.7 Å². The van der Waals surface area contributed by atoms with Gasteiger partial charge >= 0.3 is 12.1 Å². The van der Waals surface area contributed by atoms with E-state index in [0.717, 1.165) is 5.56 Å². The molecule has 10 nitrogen and oxygen atoms in total. The Morgan fingerprint density at radius 2 is 1.70 bits per heavy atom. The van der Waals surface area contributed by atoms with E-state index in [1.807, 2.05) is 30.3 Å². The van der Waals surface area contributed by atoms with Crippen LogP contribution in [-0.2, 0) is 20.8 Å². The van der Waals surface area contributed by atoms with Gasteiger partial charge in [-0.25, -0.2) is 9.59 Å². The normalized spacial score (nSPS) is 10.6. The summed E-state index contributed by atoms with van der Waals surface area (Å²) in [7, 11) is 2.89. The van der Waals surface area contributed by atoms with E-state index >= 15 is 0 Å². The zero-order valence-electron chi connectivity index (χ0n) is 22.3. The maximum atomic E-state index is 12.0. The molecule has 1 N–H and O–H groups in total. The Bertz CT molecular complexity index is 1430. The van der Waals surface area contributed by atoms with Crippen LogP contribution in [0.5, 0.6) is 23.0 Å². The number of methoxy groups -OCH3 is 2. The Balaban J connectivity index is 1.29. The number of carbonyl (C=O) groups excluding carboxylic acids is 2. The molecule has 4 rings (SSSR count). The number of esters is 1. The summed E-state index contributed by atoms with van der Waals surface area (Å²) in [5, 5.41) is 3.28. The molecule has 0 radical (unpaired) electrons. The molecule has 1 amide bonds. The van der Waals surface area contributed by atoms with Crippen molar-refractivity contribution in [3.05, 3.63) is 90.1 Å². The lowest BCUT2D eigenvalue weighted by atomic mass is 10.1. The number of nitrogens with zero attached hydrogens (tertiary/aromatic N) is 1. The molecular formula is C30H30N2O8. The fourth-order valence-electron chi connectivity index (χ4n) is 3.70. The highest BCUT2D eigenvalue weighted by atomic mass is 16.6. The van der Waals surface area contributed by atoms with Crippen molar-refractivity contribution in [2.45, 2.75) is 6.61 Å². The summed E-state index contributed by atoms with van der Waals surface area (Å²) < 4.78 is 33.0. The molecule has 4 aromatic rings. The highest BCUT2D eigenvalue weighted by Gasteiger charge is 2.14. The Kier molecular flexibility index (Phi) is 10.1. The summed E-state index contributed by atoms with van der Waals surface area (Å²) in [6, 6.07) is 21.4. The molecule has 0 aliphatic carbocycles. The van der Waals surface area contributed by atoms with Gasteiger partial charge in [-0.2, -0.15) is 0 Å². The Hall–Kier alpha value is -4.83. The van der Waals surface area contributed by atoms with E-state index in [2.05, 4.69) is 10.3 Å². The largest absolute Gasteiger partial charge is 0.497 e. The molecular weight excluding hydrogens is 516 g/mol. The summed E-state index contributed by atoms with van der Waals surface area (Å²) in [5.41, 5.74) is 1.95. The first-order valence-corrected chi connectivity index (χ1v) is 12.6. The maximum Gasteiger partial charge on any atom is 0.407 e. The molecule has 0 fully saturated rings. The molecule has 1 heterocycles. The minimum Gasteiger partial charge on any atom is -0.497 e. The van der Waals surface area contributed by atoms with E-state index in [4.69, 9.17) is 28.4 Å². The van der Waals surface area contributed by atoms with Gasteiger partial charge in [-0.05, 0) is 42.0 Å². The quantitative estimate of drug-likeness (QED) is 0.180. The van der Waals surface area contributed by atoms with Gasteiger partial charge in [-0.3, -0.25) is 4.98 Å². The van der Waals surface area contributed by atoms with Crippen molar-refractivity contribution in [1.82, 2.24) is 10.3 Å². The summed E-state index contributed by atoms with van der Waals surface area (Å²) in [6.07, 6.45) is 1.11. The van der Waals surface area contributed by atoms with Crippen LogP contribution >= 0.6 is 0 Å². The van der Waals surface area contributed by atoms with Gasteiger partial charge in [-0.15, -0.1) is 0 Å². The van der Waals surface area contributed by atoms with E-state index in [1.165, 1.54) is 7.11 Å². The van der Waals surface area contributed by atoms with Gasteiger partial charge in [-0.1, -0.05) is 30.3 Å². The number of ether oxygens (including phenoxy) is 6. The summed E-state index contributed by atoms with van der Waals surface area (Å²) >= 11 is 0. The Morgan fingerprint density at radius 3 is 2.50 bits per heavy atom. The molecule has 0 aliphatic heterocycles. The van der Waals surface area contributed by atoms with Crippen LogP contribution < -0.4 is 19.5 Å². The number of nitrogens with one attached hydrogen (secondary N) is 1. The van der Waals surface area contributed by atoms with E-state index in [-0.39, 0.29) is 19.8 Å². The van der Waals surface area contributed by atoms with Crippen molar-refractivity contribution in [3.8, 4) is 23.0 Å². The third kappa shape index (κ3) is 7.84. The topological polar surface area (TPSA) is 114 Å². The number of amides is 1. The second-order valence-corrected chi connectivity index (χ2v) is 8.40. The van der Waals surface area contributed by atoms with E-state index < -0.39 is 12.1 Å². The van der Waals surface area contributed by atoms with Crippen molar-refractivity contribution < 1.29 is 38.0 Å². The molecule has 0 saturated heterocycles. The monoisotopic (exact) mass is 546 g/mol. The van der Waals surface area contributed by atoms with Gasteiger partial charge in [0, 0.05) is 24.2 Å². The average molecular weight is 547 g/mol. The molecule has 10 heteroatoms. The van der Waals surface area contributed by atoms with Crippen LogP contribution in [-0.4, -0.2) is 57.6 Å². The fraction of sp³-hybridized carbons (Fsp3) is 0.233. The van der Waals surface area contributed by atoms with Crippen LogP contribution in [0.4, 0.5) is 4.79 Å². The Morgan fingerprint density at radius 1 is 0.850 bits per heavy atom. The lowest BCUT2D eigenvalue weighted by Gasteiger charge is -2.15. The van der Waals surface area contributed by atoms with Gasteiger partial charge < -0.3 is 33.7 Å². The average Bonchev–Trinajstić information content (AvgIpc) is 3.00. The summed E-state index contributed by atoms with van der Waals surface area (Å²) in [5.74, 6) is 1.49. The van der Waals surface area contributed by atoms with Crippen molar-refractivity contribution in [3.63, 3.8) is 0 Å². The standard InChI is InChI=1S/C30H30N2O8/c1-35-23-9-11-27(38-17-16-37-15-14-32-30(34)39-20-21-6-4-3-5-7-21)28(19-23)40-26-12-13-31-25-10-8-22(18-24(25)26)29(33)36-2/h3-13,18-19H,14-17,20H2,1-2H3,(H,32,34). The SMILES string of the molecule is COC(=O)c1ccc2nccc(Oc3cc(OC)ccc3OCCOCCNC(=O)OCc3ccccc3)c2c1. The van der Waals surface area contributed by atoms with Crippen molar-refractivity contribution in [1.29, 1.82) is 0 Å². The third-order valence-electron chi connectivity index (χ3n) is 5.71. The smallest absolute Gasteiger partial charge is 0.407 e. The molecule has 0 saturated carbocycles. The van der Waals surface area contributed by atoms with Crippen LogP contribution in [0.2, 0.25) is 0 Å². The lowest BCUT2D eigenvalue weighted by molar-refractivity contribution is 0.0601. The number of alkyl carbamates (subject to hydrolysis) is 1. The number of rotatable bonds is 13. The second-order valence-electron chi connectivity index (χ2n) is 8.40. The van der Waals surface area contributed by atoms with Crippen molar-refractivity contribution in [2.75, 3.05) is 40.6 Å². The van der Waals surface area contributed by atoms with E-state index in [0.29, 0.717) is 52.6 Å². The van der Waals surface area contributed by atoms with Crippen LogP contribution in [0.1, 0.15) is 15.9 Å². The second kappa shape index (κ2) is 14.4. The van der Waals surface area contributed by atoms with Crippen LogP contribution in [0.3, 0.4) is 0 Å². The zero-order valence-corrected chi connectivity index (χ0v) is 22.3. The molecule has 3 aromatic carbocycles. The van der Waals surface area contributed by atoms with Crippen molar-refractivity contribution in [2.24, 2.45) is 0 Å². The molecule has 208 valence electrons. The first-order chi connectivity index (χ1) is 19.6. The Labute approximate surface area is 231 Å². The number of hydrogen-bond acceptors (Lipinski definition) is 9. The molecule has 0 bridgehead atoms. The summed E-state index contributed by atoms with van der Waals surface area (Å²) in [4.78, 5) is 28.2. The lowest BCUT2D eigenvalue weighted by Crippen LogP contribution is -2.28. The number of benzene rings is 3. The van der Waals surface area contributed by atoms with Crippen LogP contribution in [0.15, 0.2) is 79.0 Å².